The molecule has 2 aromatic rings. The summed E-state index contributed by atoms with van der Waals surface area (Å²) in [4.78, 5) is 10.8. The maximum absolute atomic E-state index is 13.1. The summed E-state index contributed by atoms with van der Waals surface area (Å²) in [6.07, 6.45) is 4.68. The maximum atomic E-state index is 13.1. The molecule has 0 radical (unpaired) electrons. The molecule has 1 aliphatic carbocycles. The molecule has 4 rings (SSSR count). The number of non-ortho nitro benzene ring substituents is 1. The molecule has 0 unspecified atom stereocenters. The van der Waals surface area contributed by atoms with Gasteiger partial charge in [-0.3, -0.25) is 14.4 Å². The molecular weight excluding hydrogens is 340 g/mol. The molecule has 0 amide bonds. The number of nitrogens with zero attached hydrogens (tertiary/aromatic N) is 2. The van der Waals surface area contributed by atoms with Gasteiger partial charge in [0.15, 0.2) is 0 Å². The van der Waals surface area contributed by atoms with Crippen molar-refractivity contribution in [2.24, 2.45) is 0 Å². The highest BCUT2D eigenvalue weighted by atomic mass is 32.2. The number of hydrogen-bond donors (Lipinski definition) is 0. The average molecular weight is 358 g/mol. The number of fused-ring (bicyclic) bond motifs is 2. The Morgan fingerprint density at radius 3 is 2.40 bits per heavy atom. The Labute approximate surface area is 146 Å². The van der Waals surface area contributed by atoms with E-state index in [1.54, 1.807) is 18.2 Å². The number of anilines is 1. The quantitative estimate of drug-likeness (QED) is 0.623. The number of hydrogen-bond acceptors (Lipinski definition) is 4. The molecule has 0 spiro atoms. The van der Waals surface area contributed by atoms with Gasteiger partial charge >= 0.3 is 0 Å². The van der Waals surface area contributed by atoms with Crippen molar-refractivity contribution in [3.05, 3.63) is 63.2 Å². The molecule has 25 heavy (non-hydrogen) atoms. The van der Waals surface area contributed by atoms with Crippen LogP contribution in [0.25, 0.3) is 0 Å². The van der Waals surface area contributed by atoms with Gasteiger partial charge in [0.1, 0.15) is 0 Å². The predicted molar refractivity (Wildman–Crippen MR) is 94.4 cm³/mol. The number of nitro groups is 1. The number of aryl methyl sites for hydroxylation is 2. The lowest BCUT2D eigenvalue weighted by molar-refractivity contribution is -0.384. The first-order valence-corrected chi connectivity index (χ1v) is 9.83. The van der Waals surface area contributed by atoms with Gasteiger partial charge in [0, 0.05) is 18.7 Å². The fourth-order valence-electron chi connectivity index (χ4n) is 3.70. The van der Waals surface area contributed by atoms with E-state index in [0.29, 0.717) is 18.7 Å². The number of sulfonamides is 1. The number of nitro benzene ring substituents is 1. The zero-order valence-corrected chi connectivity index (χ0v) is 14.5. The van der Waals surface area contributed by atoms with Crippen LogP contribution in [-0.4, -0.2) is 19.9 Å². The van der Waals surface area contributed by atoms with E-state index in [1.165, 1.54) is 22.0 Å². The van der Waals surface area contributed by atoms with Crippen molar-refractivity contribution in [2.75, 3.05) is 10.8 Å². The summed E-state index contributed by atoms with van der Waals surface area (Å²) in [5.74, 6) is 0. The van der Waals surface area contributed by atoms with Crippen molar-refractivity contribution in [1.29, 1.82) is 0 Å². The van der Waals surface area contributed by atoms with Crippen molar-refractivity contribution in [3.63, 3.8) is 0 Å². The third kappa shape index (κ3) is 2.68. The topological polar surface area (TPSA) is 80.5 Å². The van der Waals surface area contributed by atoms with E-state index >= 15 is 0 Å². The Balaban J connectivity index is 1.76. The Bertz CT molecular complexity index is 969. The highest BCUT2D eigenvalue weighted by Gasteiger charge is 2.32. The lowest BCUT2D eigenvalue weighted by Crippen LogP contribution is -2.29. The monoisotopic (exact) mass is 358 g/mol. The van der Waals surface area contributed by atoms with Crippen LogP contribution in [0.15, 0.2) is 41.3 Å². The molecule has 1 heterocycles. The van der Waals surface area contributed by atoms with Crippen molar-refractivity contribution in [2.45, 2.75) is 37.0 Å². The van der Waals surface area contributed by atoms with Crippen molar-refractivity contribution >= 4 is 21.4 Å². The van der Waals surface area contributed by atoms with Gasteiger partial charge in [0.2, 0.25) is 0 Å². The second kappa shape index (κ2) is 5.84. The zero-order chi connectivity index (χ0) is 17.6. The molecule has 0 saturated carbocycles. The average Bonchev–Trinajstić information content (AvgIpc) is 3.05. The minimum absolute atomic E-state index is 0.0914. The predicted octanol–water partition coefficient (Wildman–Crippen LogP) is 3.23. The van der Waals surface area contributed by atoms with Crippen LogP contribution in [0.1, 0.15) is 29.5 Å². The third-order valence-corrected chi connectivity index (χ3v) is 6.85. The number of rotatable bonds is 3. The van der Waals surface area contributed by atoms with Crippen LogP contribution in [0, 0.1) is 10.1 Å². The fraction of sp³-hybridized carbons (Fsp3) is 0.333. The molecule has 1 aliphatic heterocycles. The molecule has 0 bridgehead atoms. The summed E-state index contributed by atoms with van der Waals surface area (Å²) in [5, 5.41) is 11.0. The first-order valence-electron chi connectivity index (χ1n) is 8.39. The van der Waals surface area contributed by atoms with E-state index < -0.39 is 14.9 Å². The molecule has 0 aromatic heterocycles. The Kier molecular flexibility index (Phi) is 3.76. The smallest absolute Gasteiger partial charge is 0.265 e. The van der Waals surface area contributed by atoms with Crippen LogP contribution < -0.4 is 4.31 Å². The van der Waals surface area contributed by atoms with Crippen LogP contribution in [0.3, 0.4) is 0 Å². The van der Waals surface area contributed by atoms with Crippen LogP contribution >= 0.6 is 0 Å². The van der Waals surface area contributed by atoms with Gasteiger partial charge < -0.3 is 0 Å². The molecular formula is C18H18N2O4S. The van der Waals surface area contributed by atoms with Crippen LogP contribution in [0.5, 0.6) is 0 Å². The lowest BCUT2D eigenvalue weighted by atomic mass is 9.92. The van der Waals surface area contributed by atoms with Gasteiger partial charge in [0.05, 0.1) is 15.5 Å². The van der Waals surface area contributed by atoms with E-state index in [2.05, 4.69) is 0 Å². The summed E-state index contributed by atoms with van der Waals surface area (Å²) < 4.78 is 27.5. The van der Waals surface area contributed by atoms with Gasteiger partial charge in [-0.15, -0.1) is 0 Å². The van der Waals surface area contributed by atoms with Crippen molar-refractivity contribution in [3.8, 4) is 0 Å². The standard InChI is InChI=1S/C18H18N2O4S/c21-20(22)16-7-5-14-9-10-19(18(14)12-16)25(23,24)17-8-6-13-3-1-2-4-15(13)11-17/h5-8,11-12H,1-4,9-10H2. The summed E-state index contributed by atoms with van der Waals surface area (Å²) in [6, 6.07) is 9.78. The van der Waals surface area contributed by atoms with E-state index in [9.17, 15) is 18.5 Å². The summed E-state index contributed by atoms with van der Waals surface area (Å²) >= 11 is 0. The fourth-order valence-corrected chi connectivity index (χ4v) is 5.25. The first-order chi connectivity index (χ1) is 12.0. The van der Waals surface area contributed by atoms with Gasteiger partial charge in [-0.05, 0) is 60.9 Å². The molecule has 2 aromatic carbocycles. The molecule has 0 fully saturated rings. The van der Waals surface area contributed by atoms with E-state index in [0.717, 1.165) is 36.8 Å². The van der Waals surface area contributed by atoms with Crippen molar-refractivity contribution < 1.29 is 13.3 Å². The molecule has 2 aliphatic rings. The molecule has 0 N–H and O–H groups in total. The Morgan fingerprint density at radius 1 is 0.920 bits per heavy atom. The highest BCUT2D eigenvalue weighted by molar-refractivity contribution is 7.92. The Morgan fingerprint density at radius 2 is 1.64 bits per heavy atom. The normalized spacial score (nSPS) is 16.4. The molecule has 0 saturated heterocycles. The molecule has 130 valence electrons. The molecule has 0 atom stereocenters. The summed E-state index contributed by atoms with van der Waals surface area (Å²) in [7, 11) is -3.72. The minimum Gasteiger partial charge on any atom is -0.265 e. The maximum Gasteiger partial charge on any atom is 0.271 e. The molecule has 7 heteroatoms. The third-order valence-electron chi connectivity index (χ3n) is 5.04. The lowest BCUT2D eigenvalue weighted by Gasteiger charge is -2.22. The summed E-state index contributed by atoms with van der Waals surface area (Å²) in [5.41, 5.74) is 3.48. The highest BCUT2D eigenvalue weighted by Crippen LogP contribution is 2.36. The van der Waals surface area contributed by atoms with Crippen LogP contribution in [0.2, 0.25) is 0 Å². The second-order valence-corrected chi connectivity index (χ2v) is 8.40. The first kappa shape index (κ1) is 16.1. The largest absolute Gasteiger partial charge is 0.271 e. The van der Waals surface area contributed by atoms with Crippen LogP contribution in [-0.2, 0) is 29.3 Å². The van der Waals surface area contributed by atoms with Gasteiger partial charge in [-0.2, -0.15) is 0 Å². The second-order valence-electron chi connectivity index (χ2n) is 6.53. The van der Waals surface area contributed by atoms with Crippen LogP contribution in [0.4, 0.5) is 11.4 Å². The van der Waals surface area contributed by atoms with Crippen molar-refractivity contribution in [1.82, 2.24) is 0 Å². The minimum atomic E-state index is -3.72. The zero-order valence-electron chi connectivity index (χ0n) is 13.6. The SMILES string of the molecule is O=[N+]([O-])c1ccc2c(c1)N(S(=O)(=O)c1ccc3c(c1)CCCC3)CC2. The van der Waals surface area contributed by atoms with Gasteiger partial charge in [-0.1, -0.05) is 12.1 Å². The van der Waals surface area contributed by atoms with E-state index in [-0.39, 0.29) is 10.6 Å². The van der Waals surface area contributed by atoms with E-state index in [1.807, 2.05) is 6.07 Å². The Hall–Kier alpha value is -2.41. The molecule has 6 nitrogen and oxygen atoms in total. The summed E-state index contributed by atoms with van der Waals surface area (Å²) in [6.45, 7) is 0.315. The van der Waals surface area contributed by atoms with Gasteiger partial charge in [-0.25, -0.2) is 8.42 Å². The van der Waals surface area contributed by atoms with Gasteiger partial charge in [0.25, 0.3) is 15.7 Å². The van der Waals surface area contributed by atoms with E-state index in [4.69, 9.17) is 0 Å². The number of benzene rings is 2.